The molecular formula is C50H58ClN5O12. The molecule has 4 aromatic carbocycles. The minimum Gasteiger partial charge on any atom is -0.507 e. The van der Waals surface area contributed by atoms with Crippen LogP contribution < -0.4 is 26.0 Å². The van der Waals surface area contributed by atoms with E-state index in [1.165, 1.54) is 50.4 Å². The molecule has 0 unspecified atom stereocenters. The Labute approximate surface area is 399 Å². The summed E-state index contributed by atoms with van der Waals surface area (Å²) < 4.78 is 16.4. The molecule has 0 spiro atoms. The summed E-state index contributed by atoms with van der Waals surface area (Å²) in [6.45, 7) is 11.7. The average molecular weight is 956 g/mol. The van der Waals surface area contributed by atoms with E-state index in [2.05, 4.69) is 21.3 Å². The normalized spacial score (nSPS) is 16.7. The molecule has 0 saturated heterocycles. The summed E-state index contributed by atoms with van der Waals surface area (Å²) in [5.41, 5.74) is 0.864. The number of benzene rings is 4. The summed E-state index contributed by atoms with van der Waals surface area (Å²) in [4.78, 5) is 95.7. The van der Waals surface area contributed by atoms with Crippen LogP contribution in [0.25, 0.3) is 22.3 Å². The van der Waals surface area contributed by atoms with Gasteiger partial charge in [-0.15, -0.1) is 0 Å². The van der Waals surface area contributed by atoms with Crippen molar-refractivity contribution in [2.24, 2.45) is 0 Å². The van der Waals surface area contributed by atoms with Crippen LogP contribution in [0.1, 0.15) is 95.3 Å². The van der Waals surface area contributed by atoms with Gasteiger partial charge in [-0.05, 0) is 139 Å². The number of phenols is 1. The Bertz CT molecular complexity index is 2520. The molecule has 17 nitrogen and oxygen atoms in total. The van der Waals surface area contributed by atoms with E-state index in [0.29, 0.717) is 23.4 Å². The number of hydrogen-bond acceptors (Lipinski definition) is 11. The molecule has 1 aliphatic heterocycles. The SMILES string of the molecule is C[C@@H]1NC(=O)[C@@H](N(C)C(=O)[C@H](CCCCNC(=O)OC(C)(C)C)NC(=O)c2ccc(-c3ccc(Cl)cc3)cc2)c2ccc(OC(=O)OC(C)(C)C)c(c2)-c2cc(ccc2O)C[C@@H](C(=O)O)NC1=O. The number of likely N-dealkylation sites (N-methyl/N-ethyl adjacent to an activating group) is 1. The van der Waals surface area contributed by atoms with Crippen LogP contribution in [0.4, 0.5) is 9.59 Å². The summed E-state index contributed by atoms with van der Waals surface area (Å²) in [7, 11) is 1.34. The van der Waals surface area contributed by atoms with Gasteiger partial charge in [-0.25, -0.2) is 14.4 Å². The number of halogens is 1. The highest BCUT2D eigenvalue weighted by atomic mass is 35.5. The number of hydrogen-bond donors (Lipinski definition) is 6. The second-order valence-electron chi connectivity index (χ2n) is 18.4. The molecule has 0 aromatic heterocycles. The second-order valence-corrected chi connectivity index (χ2v) is 18.8. The second kappa shape index (κ2) is 22.1. The fraction of sp³-hybridized carbons (Fsp3) is 0.380. The number of carboxylic acids is 1. The fourth-order valence-corrected chi connectivity index (χ4v) is 7.38. The van der Waals surface area contributed by atoms with E-state index in [9.17, 15) is 43.8 Å². The minimum absolute atomic E-state index is 0.0477. The van der Waals surface area contributed by atoms with Gasteiger partial charge in [-0.1, -0.05) is 48.0 Å². The van der Waals surface area contributed by atoms with Gasteiger partial charge in [0.25, 0.3) is 5.91 Å². The molecule has 1 aliphatic rings. The Morgan fingerprint density at radius 1 is 0.809 bits per heavy atom. The zero-order chi connectivity index (χ0) is 50.1. The lowest BCUT2D eigenvalue weighted by atomic mass is 9.93. The number of phenolic OH excluding ortho intramolecular Hbond substituents is 1. The average Bonchev–Trinajstić information content (AvgIpc) is 3.25. The first-order valence-corrected chi connectivity index (χ1v) is 22.4. The van der Waals surface area contributed by atoms with Crippen LogP contribution in [0.3, 0.4) is 0 Å². The summed E-state index contributed by atoms with van der Waals surface area (Å²) in [6, 6.07) is 16.7. The lowest BCUT2D eigenvalue weighted by molar-refractivity contribution is -0.143. The molecule has 0 radical (unpaired) electrons. The van der Waals surface area contributed by atoms with Gasteiger partial charge in [0.1, 0.15) is 46.9 Å². The molecule has 5 rings (SSSR count). The quantitative estimate of drug-likeness (QED) is 0.0466. The van der Waals surface area contributed by atoms with Crippen LogP contribution in [0, 0.1) is 0 Å². The van der Waals surface area contributed by atoms with E-state index in [1.807, 2.05) is 12.1 Å². The highest BCUT2D eigenvalue weighted by molar-refractivity contribution is 6.30. The van der Waals surface area contributed by atoms with E-state index in [1.54, 1.807) is 77.9 Å². The maximum absolute atomic E-state index is 14.9. The number of fused-ring (bicyclic) bond motifs is 5. The number of nitrogens with one attached hydrogen (secondary N) is 4. The van der Waals surface area contributed by atoms with E-state index in [-0.39, 0.29) is 53.1 Å². The molecule has 68 heavy (non-hydrogen) atoms. The number of ether oxygens (including phenoxy) is 3. The molecule has 1 heterocycles. The first-order chi connectivity index (χ1) is 31.9. The Hall–Kier alpha value is -7.14. The predicted molar refractivity (Wildman–Crippen MR) is 253 cm³/mol. The van der Waals surface area contributed by atoms with Crippen molar-refractivity contribution in [3.05, 3.63) is 107 Å². The van der Waals surface area contributed by atoms with E-state index in [0.717, 1.165) is 16.0 Å². The number of aliphatic carboxylic acids is 1. The first kappa shape index (κ1) is 51.8. The topological polar surface area (TPSA) is 239 Å². The monoisotopic (exact) mass is 955 g/mol. The summed E-state index contributed by atoms with van der Waals surface area (Å²) >= 11 is 6.07. The van der Waals surface area contributed by atoms with Gasteiger partial charge in [0.15, 0.2) is 0 Å². The van der Waals surface area contributed by atoms with Crippen molar-refractivity contribution in [1.29, 1.82) is 0 Å². The smallest absolute Gasteiger partial charge is 0.507 e. The number of unbranched alkanes of at least 4 members (excludes halogenated alkanes) is 1. The number of nitrogens with zero attached hydrogens (tertiary/aromatic N) is 1. The van der Waals surface area contributed by atoms with Gasteiger partial charge >= 0.3 is 18.2 Å². The molecule has 4 aromatic rings. The Morgan fingerprint density at radius 3 is 2.06 bits per heavy atom. The van der Waals surface area contributed by atoms with Gasteiger partial charge in [0, 0.05) is 41.7 Å². The number of amides is 5. The maximum Gasteiger partial charge on any atom is 0.514 e. The number of aromatic hydroxyl groups is 1. The molecule has 4 atom stereocenters. The van der Waals surface area contributed by atoms with Gasteiger partial charge in [0.05, 0.1) is 0 Å². The van der Waals surface area contributed by atoms with Gasteiger partial charge in [0.2, 0.25) is 17.7 Å². The summed E-state index contributed by atoms with van der Waals surface area (Å²) in [5.74, 6) is -4.82. The zero-order valence-electron chi connectivity index (χ0n) is 39.2. The third-order valence-electron chi connectivity index (χ3n) is 10.6. The number of alkyl carbamates (subject to hydrolysis) is 1. The van der Waals surface area contributed by atoms with Crippen molar-refractivity contribution in [2.75, 3.05) is 13.6 Å². The lowest BCUT2D eigenvalue weighted by Gasteiger charge is -2.32. The van der Waals surface area contributed by atoms with Gasteiger partial charge < -0.3 is 50.6 Å². The Balaban J connectivity index is 1.55. The van der Waals surface area contributed by atoms with Crippen LogP contribution >= 0.6 is 11.6 Å². The third-order valence-corrected chi connectivity index (χ3v) is 10.8. The Kier molecular flexibility index (Phi) is 16.9. The molecule has 0 saturated carbocycles. The highest BCUT2D eigenvalue weighted by Gasteiger charge is 2.36. The number of carbonyl (C=O) groups is 7. The van der Waals surface area contributed by atoms with Crippen molar-refractivity contribution in [1.82, 2.24) is 26.2 Å². The van der Waals surface area contributed by atoms with Gasteiger partial charge in [-0.3, -0.25) is 19.2 Å². The molecular weight excluding hydrogens is 898 g/mol. The van der Waals surface area contributed by atoms with E-state index >= 15 is 0 Å². The Morgan fingerprint density at radius 2 is 1.44 bits per heavy atom. The minimum atomic E-state index is -1.55. The van der Waals surface area contributed by atoms with Crippen molar-refractivity contribution < 1.29 is 58.0 Å². The van der Waals surface area contributed by atoms with E-state index < -0.39 is 77.2 Å². The van der Waals surface area contributed by atoms with Crippen LogP contribution in [0.15, 0.2) is 84.9 Å². The van der Waals surface area contributed by atoms with Crippen molar-refractivity contribution in [3.63, 3.8) is 0 Å². The largest absolute Gasteiger partial charge is 0.514 e. The van der Waals surface area contributed by atoms with Crippen LogP contribution in [0.5, 0.6) is 11.5 Å². The predicted octanol–water partition coefficient (Wildman–Crippen LogP) is 7.32. The number of carboxylic acid groups (broad SMARTS) is 1. The molecule has 18 heteroatoms. The maximum atomic E-state index is 14.9. The van der Waals surface area contributed by atoms with Crippen LogP contribution in [0.2, 0.25) is 5.02 Å². The molecule has 0 fully saturated rings. The number of carbonyl (C=O) groups excluding carboxylic acids is 6. The standard InChI is InChI=1S/C50H58ClN5O12/c1-28-42(58)55-38(46(62)63)26-29-12-22-39(57)35(25-29)36-27-33(19-23-40(36)66-48(65)68-50(5,6)7)41(44(60)53-28)56(8)45(61)37(11-9-10-24-52-47(64)67-49(2,3)4)54-43(59)32-15-13-30(14-16-32)31-17-20-34(51)21-18-31/h12-23,25,27-28,37-38,41,57H,9-11,24,26H2,1-8H3,(H,52,64)(H,53,60)(H,54,59)(H,55,58)(H,62,63)/t28-,37-,38-,41-/m0/s1. The lowest BCUT2D eigenvalue weighted by Crippen LogP contribution is -2.54. The number of rotatable bonds is 12. The molecule has 4 bridgehead atoms. The summed E-state index contributed by atoms with van der Waals surface area (Å²) in [6.07, 6.45) is -1.20. The van der Waals surface area contributed by atoms with Crippen molar-refractivity contribution >= 4 is 53.4 Å². The molecule has 6 N–H and O–H groups in total. The van der Waals surface area contributed by atoms with Gasteiger partial charge in [-0.2, -0.15) is 0 Å². The van der Waals surface area contributed by atoms with Crippen LogP contribution in [-0.4, -0.2) is 99.9 Å². The van der Waals surface area contributed by atoms with Crippen molar-refractivity contribution in [2.45, 2.75) is 110 Å². The zero-order valence-corrected chi connectivity index (χ0v) is 40.0. The highest BCUT2D eigenvalue weighted by Crippen LogP contribution is 2.40. The third kappa shape index (κ3) is 14.4. The van der Waals surface area contributed by atoms with Crippen molar-refractivity contribution in [3.8, 4) is 33.8 Å². The molecule has 5 amide bonds. The fourth-order valence-electron chi connectivity index (χ4n) is 7.25. The van der Waals surface area contributed by atoms with E-state index in [4.69, 9.17) is 25.8 Å². The first-order valence-electron chi connectivity index (χ1n) is 22.0. The molecule has 362 valence electrons. The summed E-state index contributed by atoms with van der Waals surface area (Å²) in [5, 5.41) is 32.5. The molecule has 0 aliphatic carbocycles. The van der Waals surface area contributed by atoms with Crippen LogP contribution in [-0.2, 0) is 35.1 Å².